The van der Waals surface area contributed by atoms with E-state index in [4.69, 9.17) is 0 Å². The Morgan fingerprint density at radius 3 is 2.61 bits per heavy atom. The van der Waals surface area contributed by atoms with Gasteiger partial charge in [0.25, 0.3) is 0 Å². The molecule has 0 aliphatic heterocycles. The van der Waals surface area contributed by atoms with Gasteiger partial charge in [-0.3, -0.25) is 9.59 Å². The summed E-state index contributed by atoms with van der Waals surface area (Å²) in [6.45, 7) is 3.52. The molecule has 5 rings (SSSR count). The van der Waals surface area contributed by atoms with Crippen LogP contribution in [0, 0.1) is 29.1 Å². The van der Waals surface area contributed by atoms with Crippen LogP contribution in [0.3, 0.4) is 0 Å². The van der Waals surface area contributed by atoms with Gasteiger partial charge >= 0.3 is 0 Å². The molecule has 0 radical (unpaired) electrons. The molecule has 0 aromatic heterocycles. The molecular weight excluding hydrogens is 412 g/mol. The summed E-state index contributed by atoms with van der Waals surface area (Å²) in [5, 5.41) is 21.0. The number of aliphatic hydroxyl groups excluding tert-OH is 1. The Morgan fingerprint density at radius 2 is 1.91 bits per heavy atom. The van der Waals surface area contributed by atoms with E-state index in [1.165, 1.54) is 16.7 Å². The predicted octanol–water partition coefficient (Wildman–Crippen LogP) is 4.52. The van der Waals surface area contributed by atoms with Crippen molar-refractivity contribution >= 4 is 11.6 Å². The standard InChI is InChI=1S/C29H32O4/c1-18(31)19-4-6-20(7-5-19)25-17-28(2)26(12-14-29(28,33)13-3-15-30)24-10-8-21-16-22(32)9-11-23(21)27(24)25/h4-7,16,24-26,30,33H,8-12,14-15,17H2,1-2H3/t24-,25+,26-,28-,29-/m0/s1. The van der Waals surface area contributed by atoms with E-state index in [-0.39, 0.29) is 29.5 Å². The lowest BCUT2D eigenvalue weighted by Gasteiger charge is -2.53. The van der Waals surface area contributed by atoms with Crippen molar-refractivity contribution < 1.29 is 19.8 Å². The number of rotatable bonds is 2. The van der Waals surface area contributed by atoms with E-state index in [2.05, 4.69) is 30.9 Å². The molecule has 4 heteroatoms. The summed E-state index contributed by atoms with van der Waals surface area (Å²) >= 11 is 0. The molecule has 0 saturated heterocycles. The first-order chi connectivity index (χ1) is 15.8. The van der Waals surface area contributed by atoms with Gasteiger partial charge in [0.1, 0.15) is 12.2 Å². The lowest BCUT2D eigenvalue weighted by Crippen LogP contribution is -2.51. The predicted molar refractivity (Wildman–Crippen MR) is 127 cm³/mol. The van der Waals surface area contributed by atoms with E-state index in [1.807, 2.05) is 18.2 Å². The quantitative estimate of drug-likeness (QED) is 0.520. The van der Waals surface area contributed by atoms with Crippen LogP contribution in [0.2, 0.25) is 0 Å². The topological polar surface area (TPSA) is 74.6 Å². The average Bonchev–Trinajstić information content (AvgIpc) is 3.07. The van der Waals surface area contributed by atoms with Gasteiger partial charge in [-0.05, 0) is 80.1 Å². The maximum atomic E-state index is 12.2. The van der Waals surface area contributed by atoms with Gasteiger partial charge in [-0.15, -0.1) is 0 Å². The van der Waals surface area contributed by atoms with Crippen molar-refractivity contribution in [2.75, 3.05) is 6.61 Å². The summed E-state index contributed by atoms with van der Waals surface area (Å²) in [4.78, 5) is 24.0. The Bertz CT molecular complexity index is 1130. The minimum Gasteiger partial charge on any atom is -0.384 e. The minimum atomic E-state index is -1.12. The molecule has 4 nitrogen and oxygen atoms in total. The lowest BCUT2D eigenvalue weighted by atomic mass is 9.51. The second-order valence-electron chi connectivity index (χ2n) is 10.5. The summed E-state index contributed by atoms with van der Waals surface area (Å²) in [5.74, 6) is 6.86. The third kappa shape index (κ3) is 3.45. The lowest BCUT2D eigenvalue weighted by molar-refractivity contribution is -0.114. The largest absolute Gasteiger partial charge is 0.384 e. The summed E-state index contributed by atoms with van der Waals surface area (Å²) in [6, 6.07) is 7.94. The van der Waals surface area contributed by atoms with Crippen LogP contribution in [0.5, 0.6) is 0 Å². The van der Waals surface area contributed by atoms with Crippen molar-refractivity contribution in [3.05, 3.63) is 58.2 Å². The number of allylic oxidation sites excluding steroid dienone is 4. The van der Waals surface area contributed by atoms with Gasteiger partial charge in [0.15, 0.2) is 11.6 Å². The van der Waals surface area contributed by atoms with E-state index in [0.717, 1.165) is 37.7 Å². The molecular formula is C29H32O4. The van der Waals surface area contributed by atoms with Gasteiger partial charge in [0.2, 0.25) is 0 Å². The van der Waals surface area contributed by atoms with Crippen LogP contribution in [0.25, 0.3) is 0 Å². The third-order valence-electron chi connectivity index (χ3n) is 8.98. The molecule has 5 atom stereocenters. The van der Waals surface area contributed by atoms with E-state index in [1.54, 1.807) is 6.92 Å². The van der Waals surface area contributed by atoms with E-state index in [0.29, 0.717) is 30.2 Å². The van der Waals surface area contributed by atoms with Gasteiger partial charge in [-0.25, -0.2) is 0 Å². The molecule has 0 unspecified atom stereocenters. The monoisotopic (exact) mass is 444 g/mol. The number of benzene rings is 1. The number of carbonyl (C=O) groups excluding carboxylic acids is 2. The van der Waals surface area contributed by atoms with Crippen LogP contribution in [0.4, 0.5) is 0 Å². The second kappa shape index (κ2) is 8.08. The molecule has 4 aliphatic carbocycles. The number of hydrogen-bond donors (Lipinski definition) is 2. The van der Waals surface area contributed by atoms with Gasteiger partial charge in [0, 0.05) is 23.3 Å². The molecule has 2 saturated carbocycles. The van der Waals surface area contributed by atoms with E-state index >= 15 is 0 Å². The number of ketones is 2. The first-order valence-corrected chi connectivity index (χ1v) is 12.2. The molecule has 0 spiro atoms. The molecule has 172 valence electrons. The molecule has 2 N–H and O–H groups in total. The van der Waals surface area contributed by atoms with Crippen molar-refractivity contribution in [1.29, 1.82) is 0 Å². The fourth-order valence-electron chi connectivity index (χ4n) is 7.31. The Hall–Kier alpha value is -2.48. The summed E-state index contributed by atoms with van der Waals surface area (Å²) in [6.07, 6.45) is 7.45. The highest BCUT2D eigenvalue weighted by Gasteiger charge is 2.62. The zero-order valence-corrected chi connectivity index (χ0v) is 19.5. The first-order valence-electron chi connectivity index (χ1n) is 12.2. The van der Waals surface area contributed by atoms with Crippen LogP contribution in [0.15, 0.2) is 47.1 Å². The highest BCUT2D eigenvalue weighted by atomic mass is 16.3. The van der Waals surface area contributed by atoms with Crippen molar-refractivity contribution in [3.63, 3.8) is 0 Å². The Balaban J connectivity index is 1.66. The smallest absolute Gasteiger partial charge is 0.159 e. The molecule has 2 fully saturated rings. The van der Waals surface area contributed by atoms with Gasteiger partial charge in [-0.1, -0.05) is 48.6 Å². The highest BCUT2D eigenvalue weighted by Crippen LogP contribution is 2.66. The second-order valence-corrected chi connectivity index (χ2v) is 10.5. The maximum absolute atomic E-state index is 12.2. The fourth-order valence-corrected chi connectivity index (χ4v) is 7.31. The van der Waals surface area contributed by atoms with Gasteiger partial charge < -0.3 is 10.2 Å². The normalized spacial score (nSPS) is 35.1. The Labute approximate surface area is 195 Å². The van der Waals surface area contributed by atoms with E-state index in [9.17, 15) is 19.8 Å². The van der Waals surface area contributed by atoms with Crippen LogP contribution >= 0.6 is 0 Å². The van der Waals surface area contributed by atoms with Gasteiger partial charge in [-0.2, -0.15) is 0 Å². The van der Waals surface area contributed by atoms with Crippen molar-refractivity contribution in [3.8, 4) is 11.8 Å². The van der Waals surface area contributed by atoms with Crippen molar-refractivity contribution in [1.82, 2.24) is 0 Å². The fraction of sp³-hybridized carbons (Fsp3) is 0.517. The van der Waals surface area contributed by atoms with E-state index < -0.39 is 5.60 Å². The van der Waals surface area contributed by atoms with Crippen molar-refractivity contribution in [2.45, 2.75) is 70.3 Å². The van der Waals surface area contributed by atoms with Gasteiger partial charge in [0.05, 0.1) is 0 Å². The third-order valence-corrected chi connectivity index (χ3v) is 8.98. The highest BCUT2D eigenvalue weighted by molar-refractivity contribution is 5.94. The molecule has 0 bridgehead atoms. The average molecular weight is 445 g/mol. The van der Waals surface area contributed by atoms with Crippen LogP contribution in [-0.2, 0) is 4.79 Å². The number of hydrogen-bond acceptors (Lipinski definition) is 4. The summed E-state index contributed by atoms with van der Waals surface area (Å²) in [5.41, 5.74) is 4.38. The molecule has 1 aromatic carbocycles. The number of fused-ring (bicyclic) bond motifs is 4. The zero-order valence-electron chi connectivity index (χ0n) is 19.5. The molecule has 0 amide bonds. The number of carbonyl (C=O) groups is 2. The summed E-state index contributed by atoms with van der Waals surface area (Å²) < 4.78 is 0. The molecule has 0 heterocycles. The molecule has 1 aromatic rings. The molecule has 4 aliphatic rings. The SMILES string of the molecule is CC(=O)c1ccc([C@H]2C[C@@]3(C)[C@@H](CC[C@@]3(O)C#CCO)[C@@H]3CCC4=CC(=O)CCC4=C32)cc1. The zero-order chi connectivity index (χ0) is 23.4. The van der Waals surface area contributed by atoms with Crippen LogP contribution in [-0.4, -0.2) is 34.0 Å². The Kier molecular flexibility index (Phi) is 5.46. The van der Waals surface area contributed by atoms with Crippen LogP contribution < -0.4 is 0 Å². The van der Waals surface area contributed by atoms with Crippen LogP contribution in [0.1, 0.15) is 80.6 Å². The number of aliphatic hydroxyl groups is 2. The minimum absolute atomic E-state index is 0.0512. The maximum Gasteiger partial charge on any atom is 0.159 e. The first kappa shape index (κ1) is 22.3. The van der Waals surface area contributed by atoms with Crippen molar-refractivity contribution in [2.24, 2.45) is 17.3 Å². The number of Topliss-reactive ketones (excluding diaryl/α,β-unsaturated/α-hetero) is 1. The molecule has 33 heavy (non-hydrogen) atoms. The summed E-state index contributed by atoms with van der Waals surface area (Å²) in [7, 11) is 0. The Morgan fingerprint density at radius 1 is 1.15 bits per heavy atom.